The summed E-state index contributed by atoms with van der Waals surface area (Å²) in [5, 5.41) is 9.73. The van der Waals surface area contributed by atoms with Crippen LogP contribution in [0.3, 0.4) is 0 Å². The fourth-order valence-electron chi connectivity index (χ4n) is 4.12. The quantitative estimate of drug-likeness (QED) is 0.867. The Morgan fingerprint density at radius 3 is 2.57 bits per heavy atom. The van der Waals surface area contributed by atoms with Crippen LogP contribution in [-0.4, -0.2) is 51.1 Å². The molecule has 21 heavy (non-hydrogen) atoms. The van der Waals surface area contributed by atoms with Crippen LogP contribution < -0.4 is 0 Å². The molecule has 0 bridgehead atoms. The molecule has 0 saturated carbocycles. The lowest BCUT2D eigenvalue weighted by Crippen LogP contribution is -2.58. The molecule has 2 heterocycles. The average Bonchev–Trinajstić information content (AvgIpc) is 3.03. The fourth-order valence-corrected chi connectivity index (χ4v) is 4.12. The van der Waals surface area contributed by atoms with Crippen LogP contribution in [0.1, 0.15) is 65.7 Å². The summed E-state index contributed by atoms with van der Waals surface area (Å²) in [5.74, 6) is -0.838. The molecule has 2 rings (SSSR count). The molecular formula is C16H28N2O3. The van der Waals surface area contributed by atoms with Crippen molar-refractivity contribution in [2.24, 2.45) is 0 Å². The highest BCUT2D eigenvalue weighted by atomic mass is 16.4. The minimum Gasteiger partial charge on any atom is -0.479 e. The van der Waals surface area contributed by atoms with Crippen molar-refractivity contribution in [3.8, 4) is 0 Å². The molecule has 0 radical (unpaired) electrons. The SMILES string of the molecule is CCCC1(C(=O)O)CCCN1C(=O)N1C(C)CCC1CC. The summed E-state index contributed by atoms with van der Waals surface area (Å²) in [4.78, 5) is 28.5. The Morgan fingerprint density at radius 2 is 2.00 bits per heavy atom. The average molecular weight is 296 g/mol. The molecule has 2 aliphatic heterocycles. The van der Waals surface area contributed by atoms with Gasteiger partial charge >= 0.3 is 12.0 Å². The van der Waals surface area contributed by atoms with E-state index >= 15 is 0 Å². The Morgan fingerprint density at radius 1 is 1.29 bits per heavy atom. The second-order valence-electron chi connectivity index (χ2n) is 6.52. The third-order valence-electron chi connectivity index (χ3n) is 5.26. The highest BCUT2D eigenvalue weighted by Crippen LogP contribution is 2.37. The van der Waals surface area contributed by atoms with Crippen LogP contribution in [0.25, 0.3) is 0 Å². The van der Waals surface area contributed by atoms with E-state index in [-0.39, 0.29) is 18.1 Å². The molecule has 2 saturated heterocycles. The maximum atomic E-state index is 13.0. The van der Waals surface area contributed by atoms with Crippen molar-refractivity contribution < 1.29 is 14.7 Å². The van der Waals surface area contributed by atoms with Gasteiger partial charge in [-0.3, -0.25) is 0 Å². The summed E-state index contributed by atoms with van der Waals surface area (Å²) in [6.45, 7) is 6.74. The van der Waals surface area contributed by atoms with Gasteiger partial charge in [-0.05, 0) is 45.4 Å². The Balaban J connectivity index is 2.26. The molecule has 120 valence electrons. The molecule has 0 spiro atoms. The zero-order valence-corrected chi connectivity index (χ0v) is 13.5. The first-order valence-corrected chi connectivity index (χ1v) is 8.31. The zero-order chi connectivity index (χ0) is 15.6. The lowest BCUT2D eigenvalue weighted by molar-refractivity contribution is -0.149. The standard InChI is InChI=1S/C16H28N2O3/c1-4-9-16(14(19)20)10-6-11-17(16)15(21)18-12(3)7-8-13(18)5-2/h12-13H,4-11H2,1-3H3,(H,19,20). The Kier molecular flexibility index (Phi) is 4.79. The van der Waals surface area contributed by atoms with E-state index < -0.39 is 11.5 Å². The van der Waals surface area contributed by atoms with Crippen LogP contribution in [0.2, 0.25) is 0 Å². The van der Waals surface area contributed by atoms with Gasteiger partial charge in [-0.2, -0.15) is 0 Å². The van der Waals surface area contributed by atoms with Crippen molar-refractivity contribution in [1.29, 1.82) is 0 Å². The summed E-state index contributed by atoms with van der Waals surface area (Å²) in [7, 11) is 0. The van der Waals surface area contributed by atoms with Gasteiger partial charge in [-0.15, -0.1) is 0 Å². The first kappa shape index (κ1) is 16.1. The van der Waals surface area contributed by atoms with E-state index in [1.165, 1.54) is 0 Å². The summed E-state index contributed by atoms with van der Waals surface area (Å²) < 4.78 is 0. The summed E-state index contributed by atoms with van der Waals surface area (Å²) in [6.07, 6.45) is 5.70. The molecule has 3 atom stereocenters. The first-order valence-electron chi connectivity index (χ1n) is 8.31. The van der Waals surface area contributed by atoms with E-state index in [4.69, 9.17) is 0 Å². The van der Waals surface area contributed by atoms with E-state index in [2.05, 4.69) is 13.8 Å². The Labute approximate surface area is 127 Å². The van der Waals surface area contributed by atoms with E-state index in [0.717, 1.165) is 32.1 Å². The fraction of sp³-hybridized carbons (Fsp3) is 0.875. The van der Waals surface area contributed by atoms with Crippen LogP contribution in [0, 0.1) is 0 Å². The van der Waals surface area contributed by atoms with E-state index in [9.17, 15) is 14.7 Å². The molecule has 0 aromatic rings. The topological polar surface area (TPSA) is 60.9 Å². The number of carboxylic acid groups (broad SMARTS) is 1. The number of carboxylic acids is 1. The normalized spacial score (nSPS) is 32.7. The number of rotatable bonds is 4. The number of likely N-dealkylation sites (tertiary alicyclic amines) is 2. The monoisotopic (exact) mass is 296 g/mol. The minimum absolute atomic E-state index is 0.0554. The number of nitrogens with zero attached hydrogens (tertiary/aromatic N) is 2. The number of carbonyl (C=O) groups is 2. The van der Waals surface area contributed by atoms with Gasteiger partial charge in [0.2, 0.25) is 0 Å². The van der Waals surface area contributed by atoms with Gasteiger partial charge in [-0.25, -0.2) is 9.59 Å². The lowest BCUT2D eigenvalue weighted by atomic mass is 9.91. The third kappa shape index (κ3) is 2.62. The van der Waals surface area contributed by atoms with Gasteiger partial charge in [0.25, 0.3) is 0 Å². The number of hydrogen-bond acceptors (Lipinski definition) is 2. The molecule has 2 aliphatic rings. The van der Waals surface area contributed by atoms with Gasteiger partial charge < -0.3 is 14.9 Å². The van der Waals surface area contributed by atoms with Gasteiger partial charge in [0.05, 0.1) is 0 Å². The van der Waals surface area contributed by atoms with Crippen molar-refractivity contribution in [3.63, 3.8) is 0 Å². The second-order valence-corrected chi connectivity index (χ2v) is 6.52. The van der Waals surface area contributed by atoms with Crippen molar-refractivity contribution >= 4 is 12.0 Å². The smallest absolute Gasteiger partial charge is 0.329 e. The summed E-state index contributed by atoms with van der Waals surface area (Å²) in [5.41, 5.74) is -0.980. The zero-order valence-electron chi connectivity index (χ0n) is 13.5. The van der Waals surface area contributed by atoms with Gasteiger partial charge in [0.15, 0.2) is 0 Å². The highest BCUT2D eigenvalue weighted by Gasteiger charge is 2.51. The molecule has 1 N–H and O–H groups in total. The molecule has 0 aliphatic carbocycles. The number of hydrogen-bond donors (Lipinski definition) is 1. The Hall–Kier alpha value is -1.26. The number of urea groups is 1. The van der Waals surface area contributed by atoms with Crippen LogP contribution in [-0.2, 0) is 4.79 Å². The number of amides is 2. The first-order chi connectivity index (χ1) is 9.97. The molecule has 5 nitrogen and oxygen atoms in total. The lowest BCUT2D eigenvalue weighted by Gasteiger charge is -2.40. The predicted molar refractivity (Wildman–Crippen MR) is 81.2 cm³/mol. The van der Waals surface area contributed by atoms with E-state index in [1.54, 1.807) is 4.90 Å². The van der Waals surface area contributed by atoms with Crippen LogP contribution in [0.15, 0.2) is 0 Å². The molecule has 5 heteroatoms. The van der Waals surface area contributed by atoms with Gasteiger partial charge in [0, 0.05) is 18.6 Å². The van der Waals surface area contributed by atoms with Crippen LogP contribution >= 0.6 is 0 Å². The molecule has 3 unspecified atom stereocenters. The minimum atomic E-state index is -0.980. The number of aliphatic carboxylic acids is 1. The van der Waals surface area contributed by atoms with Crippen molar-refractivity contribution in [1.82, 2.24) is 9.80 Å². The molecule has 0 aromatic heterocycles. The molecule has 0 aromatic carbocycles. The molecular weight excluding hydrogens is 268 g/mol. The maximum Gasteiger partial charge on any atom is 0.329 e. The highest BCUT2D eigenvalue weighted by molar-refractivity contribution is 5.87. The van der Waals surface area contributed by atoms with Gasteiger partial charge in [-0.1, -0.05) is 20.3 Å². The second kappa shape index (κ2) is 6.24. The van der Waals surface area contributed by atoms with Crippen LogP contribution in [0.5, 0.6) is 0 Å². The summed E-state index contributed by atoms with van der Waals surface area (Å²) in [6, 6.07) is 0.428. The van der Waals surface area contributed by atoms with E-state index in [1.807, 2.05) is 11.8 Å². The van der Waals surface area contributed by atoms with E-state index in [0.29, 0.717) is 19.4 Å². The van der Waals surface area contributed by atoms with Gasteiger partial charge in [0.1, 0.15) is 5.54 Å². The van der Waals surface area contributed by atoms with Crippen molar-refractivity contribution in [2.45, 2.75) is 83.3 Å². The third-order valence-corrected chi connectivity index (χ3v) is 5.26. The number of carbonyl (C=O) groups excluding carboxylic acids is 1. The van der Waals surface area contributed by atoms with Crippen LogP contribution in [0.4, 0.5) is 4.79 Å². The Bertz CT molecular complexity index is 412. The van der Waals surface area contributed by atoms with Crippen molar-refractivity contribution in [2.75, 3.05) is 6.54 Å². The van der Waals surface area contributed by atoms with Crippen molar-refractivity contribution in [3.05, 3.63) is 0 Å². The summed E-state index contributed by atoms with van der Waals surface area (Å²) >= 11 is 0. The predicted octanol–water partition coefficient (Wildman–Crippen LogP) is 3.09. The maximum absolute atomic E-state index is 13.0. The molecule has 2 fully saturated rings. The molecule has 2 amide bonds. The largest absolute Gasteiger partial charge is 0.479 e.